The summed E-state index contributed by atoms with van der Waals surface area (Å²) < 4.78 is 0. The number of carbonyl (C=O) groups excluding carboxylic acids is 1. The van der Waals surface area contributed by atoms with Crippen LogP contribution in [-0.4, -0.2) is 44.3 Å². The quantitative estimate of drug-likeness (QED) is 0.766. The van der Waals surface area contributed by atoms with Crippen molar-refractivity contribution >= 4 is 5.91 Å². The van der Waals surface area contributed by atoms with Crippen molar-refractivity contribution < 1.29 is 15.0 Å². The van der Waals surface area contributed by atoms with Gasteiger partial charge in [-0.2, -0.15) is 0 Å². The van der Waals surface area contributed by atoms with Crippen molar-refractivity contribution in [2.75, 3.05) is 0 Å². The van der Waals surface area contributed by atoms with Gasteiger partial charge < -0.3 is 15.5 Å². The summed E-state index contributed by atoms with van der Waals surface area (Å²) in [6.45, 7) is 0. The van der Waals surface area contributed by atoms with Crippen molar-refractivity contribution in [1.29, 1.82) is 0 Å². The molecular formula is C16H17N3O3. The summed E-state index contributed by atoms with van der Waals surface area (Å²) in [5.41, 5.74) is 1.21. The van der Waals surface area contributed by atoms with E-state index in [9.17, 15) is 15.0 Å². The lowest BCUT2D eigenvalue weighted by atomic mass is 9.94. The second kappa shape index (κ2) is 6.21. The summed E-state index contributed by atoms with van der Waals surface area (Å²) in [4.78, 5) is 20.2. The molecule has 0 aromatic carbocycles. The molecule has 2 aromatic heterocycles. The number of amides is 1. The number of pyridine rings is 2. The van der Waals surface area contributed by atoms with Gasteiger partial charge in [0.25, 0.3) is 5.91 Å². The monoisotopic (exact) mass is 299 g/mol. The van der Waals surface area contributed by atoms with E-state index in [4.69, 9.17) is 0 Å². The molecule has 0 aliphatic heterocycles. The normalized spacial score (nSPS) is 27.5. The van der Waals surface area contributed by atoms with Crippen molar-refractivity contribution in [2.45, 2.75) is 30.6 Å². The molecule has 0 spiro atoms. The summed E-state index contributed by atoms with van der Waals surface area (Å²) in [7, 11) is 0. The van der Waals surface area contributed by atoms with Gasteiger partial charge in [0, 0.05) is 24.5 Å². The first-order valence-electron chi connectivity index (χ1n) is 7.15. The lowest BCUT2D eigenvalue weighted by Crippen LogP contribution is -2.45. The van der Waals surface area contributed by atoms with Gasteiger partial charge >= 0.3 is 0 Å². The van der Waals surface area contributed by atoms with E-state index in [0.717, 1.165) is 5.56 Å². The minimum Gasteiger partial charge on any atom is -0.390 e. The zero-order chi connectivity index (χ0) is 15.5. The highest BCUT2D eigenvalue weighted by molar-refractivity contribution is 5.92. The molecule has 1 aliphatic carbocycles. The van der Waals surface area contributed by atoms with Crippen LogP contribution in [0.1, 0.15) is 28.4 Å². The number of aliphatic hydroxyl groups excluding tert-OH is 2. The average Bonchev–Trinajstić information content (AvgIpc) is 2.85. The molecule has 0 unspecified atom stereocenters. The van der Waals surface area contributed by atoms with Crippen molar-refractivity contribution in [3.8, 4) is 0 Å². The van der Waals surface area contributed by atoms with Gasteiger partial charge in [0.15, 0.2) is 0 Å². The molecule has 0 bridgehead atoms. The lowest BCUT2D eigenvalue weighted by molar-refractivity contribution is 0.0294. The molecule has 0 radical (unpaired) electrons. The minimum atomic E-state index is -1.01. The Hall–Kier alpha value is -2.31. The Morgan fingerprint density at radius 3 is 2.59 bits per heavy atom. The molecule has 2 aromatic rings. The second-order valence-corrected chi connectivity index (χ2v) is 5.39. The van der Waals surface area contributed by atoms with Crippen LogP contribution in [0.5, 0.6) is 0 Å². The molecular weight excluding hydrogens is 282 g/mol. The SMILES string of the molecule is O=C(N[C@H]1[C@H](O)[C@H](O)C[C@@H]1c1ccncc1)c1ccccn1. The first kappa shape index (κ1) is 14.6. The van der Waals surface area contributed by atoms with Gasteiger partial charge in [0.05, 0.1) is 12.1 Å². The lowest BCUT2D eigenvalue weighted by Gasteiger charge is -2.23. The molecule has 22 heavy (non-hydrogen) atoms. The molecule has 3 N–H and O–H groups in total. The van der Waals surface area contributed by atoms with Crippen LogP contribution in [0.25, 0.3) is 0 Å². The van der Waals surface area contributed by atoms with E-state index in [1.807, 2.05) is 12.1 Å². The molecule has 0 saturated heterocycles. The number of hydrogen-bond donors (Lipinski definition) is 3. The molecule has 1 aliphatic rings. The molecule has 1 amide bonds. The van der Waals surface area contributed by atoms with E-state index < -0.39 is 18.2 Å². The second-order valence-electron chi connectivity index (χ2n) is 5.39. The highest BCUT2D eigenvalue weighted by Gasteiger charge is 2.43. The number of hydrogen-bond acceptors (Lipinski definition) is 5. The zero-order valence-electron chi connectivity index (χ0n) is 11.8. The Morgan fingerprint density at radius 1 is 1.14 bits per heavy atom. The van der Waals surface area contributed by atoms with Crippen LogP contribution in [0.15, 0.2) is 48.9 Å². The molecule has 114 valence electrons. The maximum Gasteiger partial charge on any atom is 0.270 e. The summed E-state index contributed by atoms with van der Waals surface area (Å²) in [5.74, 6) is -0.529. The Balaban J connectivity index is 1.82. The van der Waals surface area contributed by atoms with Crippen LogP contribution < -0.4 is 5.32 Å². The Bertz CT molecular complexity index is 636. The Kier molecular flexibility index (Phi) is 4.13. The molecule has 1 fully saturated rings. The fraction of sp³-hybridized carbons (Fsp3) is 0.312. The topological polar surface area (TPSA) is 95.3 Å². The van der Waals surface area contributed by atoms with Crippen LogP contribution in [0, 0.1) is 0 Å². The summed E-state index contributed by atoms with van der Waals surface area (Å²) in [5, 5.41) is 22.9. The first-order valence-corrected chi connectivity index (χ1v) is 7.15. The van der Waals surface area contributed by atoms with E-state index in [2.05, 4.69) is 15.3 Å². The first-order chi connectivity index (χ1) is 10.7. The maximum absolute atomic E-state index is 12.3. The van der Waals surface area contributed by atoms with Gasteiger partial charge in [-0.25, -0.2) is 0 Å². The number of rotatable bonds is 3. The third kappa shape index (κ3) is 2.84. The van der Waals surface area contributed by atoms with Gasteiger partial charge in [0.1, 0.15) is 11.8 Å². The van der Waals surface area contributed by atoms with E-state index in [-0.39, 0.29) is 17.5 Å². The highest BCUT2D eigenvalue weighted by Crippen LogP contribution is 2.35. The van der Waals surface area contributed by atoms with Gasteiger partial charge in [-0.05, 0) is 36.2 Å². The van der Waals surface area contributed by atoms with Crippen LogP contribution >= 0.6 is 0 Å². The van der Waals surface area contributed by atoms with Crippen LogP contribution in [0.2, 0.25) is 0 Å². The fourth-order valence-corrected chi connectivity index (χ4v) is 2.89. The molecule has 6 nitrogen and oxygen atoms in total. The molecule has 3 rings (SSSR count). The van der Waals surface area contributed by atoms with E-state index >= 15 is 0 Å². The molecule has 6 heteroatoms. The van der Waals surface area contributed by atoms with Crippen molar-refractivity contribution in [3.05, 3.63) is 60.2 Å². The van der Waals surface area contributed by atoms with Gasteiger partial charge in [0.2, 0.25) is 0 Å². The Morgan fingerprint density at radius 2 is 1.91 bits per heavy atom. The smallest absolute Gasteiger partial charge is 0.270 e. The van der Waals surface area contributed by atoms with Crippen LogP contribution in [-0.2, 0) is 0 Å². The van der Waals surface area contributed by atoms with E-state index in [1.165, 1.54) is 6.20 Å². The molecule has 2 heterocycles. The van der Waals surface area contributed by atoms with Crippen molar-refractivity contribution in [1.82, 2.24) is 15.3 Å². The number of aromatic nitrogens is 2. The third-order valence-electron chi connectivity index (χ3n) is 4.02. The van der Waals surface area contributed by atoms with Crippen LogP contribution in [0.4, 0.5) is 0 Å². The number of aliphatic hydroxyl groups is 2. The number of carbonyl (C=O) groups is 1. The summed E-state index contributed by atoms with van der Waals surface area (Å²) in [6, 6.07) is 8.15. The molecule has 1 saturated carbocycles. The zero-order valence-corrected chi connectivity index (χ0v) is 11.8. The van der Waals surface area contributed by atoms with Crippen LogP contribution in [0.3, 0.4) is 0 Å². The number of nitrogens with zero attached hydrogens (tertiary/aromatic N) is 2. The standard InChI is InChI=1S/C16H17N3O3/c20-13-9-11(10-4-7-17-8-5-10)14(15(13)21)19-16(22)12-3-1-2-6-18-12/h1-8,11,13-15,20-21H,9H2,(H,19,22)/t11-,13-,14-,15-/m1/s1. The number of nitrogens with one attached hydrogen (secondary N) is 1. The summed E-state index contributed by atoms with van der Waals surface area (Å²) in [6.07, 6.45) is 3.36. The van der Waals surface area contributed by atoms with E-state index in [1.54, 1.807) is 30.6 Å². The minimum absolute atomic E-state index is 0.166. The maximum atomic E-state index is 12.3. The van der Waals surface area contributed by atoms with Gasteiger partial charge in [-0.3, -0.25) is 14.8 Å². The fourth-order valence-electron chi connectivity index (χ4n) is 2.89. The van der Waals surface area contributed by atoms with E-state index in [0.29, 0.717) is 6.42 Å². The van der Waals surface area contributed by atoms with Crippen molar-refractivity contribution in [2.24, 2.45) is 0 Å². The largest absolute Gasteiger partial charge is 0.390 e. The third-order valence-corrected chi connectivity index (χ3v) is 4.02. The highest BCUT2D eigenvalue weighted by atomic mass is 16.3. The van der Waals surface area contributed by atoms with Crippen molar-refractivity contribution in [3.63, 3.8) is 0 Å². The van der Waals surface area contributed by atoms with Gasteiger partial charge in [-0.15, -0.1) is 0 Å². The average molecular weight is 299 g/mol. The predicted octanol–water partition coefficient (Wildman–Crippen LogP) is 0.484. The molecule has 4 atom stereocenters. The Labute approximate surface area is 127 Å². The summed E-state index contributed by atoms with van der Waals surface area (Å²) >= 11 is 0. The predicted molar refractivity (Wildman–Crippen MR) is 79.1 cm³/mol. The van der Waals surface area contributed by atoms with Gasteiger partial charge in [-0.1, -0.05) is 6.07 Å².